The van der Waals surface area contributed by atoms with E-state index in [-0.39, 0.29) is 5.41 Å². The summed E-state index contributed by atoms with van der Waals surface area (Å²) in [5.41, 5.74) is 0.175. The molecule has 0 aliphatic carbocycles. The zero-order chi connectivity index (χ0) is 11.6. The molecule has 0 aliphatic heterocycles. The summed E-state index contributed by atoms with van der Waals surface area (Å²) >= 11 is 0. The minimum absolute atomic E-state index is 0.175. The molecule has 0 heterocycles. The van der Waals surface area contributed by atoms with E-state index in [0.717, 1.165) is 38.5 Å². The first-order valence-corrected chi connectivity index (χ1v) is 6.46. The normalized spacial score (nSPS) is 15.2. The summed E-state index contributed by atoms with van der Waals surface area (Å²) in [7, 11) is 0. The lowest BCUT2D eigenvalue weighted by molar-refractivity contribution is 0.0959. The van der Waals surface area contributed by atoms with Crippen LogP contribution in [0.25, 0.3) is 0 Å². The molecule has 0 aliphatic rings. The Labute approximate surface area is 94.7 Å². The lowest BCUT2D eigenvalue weighted by Crippen LogP contribution is -2.24. The van der Waals surface area contributed by atoms with Crippen LogP contribution < -0.4 is 0 Å². The summed E-state index contributed by atoms with van der Waals surface area (Å²) in [6.07, 6.45) is 8.93. The van der Waals surface area contributed by atoms with Crippen LogP contribution in [0.4, 0.5) is 0 Å². The summed E-state index contributed by atoms with van der Waals surface area (Å²) in [6, 6.07) is 0. The Morgan fingerprint density at radius 3 is 2.00 bits per heavy atom. The average molecular weight is 216 g/mol. The second-order valence-corrected chi connectivity index (χ2v) is 4.65. The van der Waals surface area contributed by atoms with Gasteiger partial charge in [0.2, 0.25) is 0 Å². The maximum atomic E-state index is 9.47. The third-order valence-electron chi connectivity index (χ3n) is 3.48. The highest BCUT2D eigenvalue weighted by atomic mass is 16.3. The average Bonchev–Trinajstić information content (AvgIpc) is 2.27. The Kier molecular flexibility index (Phi) is 9.12. The van der Waals surface area contributed by atoms with Gasteiger partial charge in [-0.2, -0.15) is 0 Å². The molecule has 0 saturated carbocycles. The first-order valence-electron chi connectivity index (χ1n) is 6.46. The highest BCUT2D eigenvalue weighted by Gasteiger charge is 2.25. The molecule has 2 nitrogen and oxygen atoms in total. The van der Waals surface area contributed by atoms with Crippen molar-refractivity contribution >= 4 is 0 Å². The van der Waals surface area contributed by atoms with E-state index in [9.17, 15) is 5.11 Å². The summed E-state index contributed by atoms with van der Waals surface area (Å²) in [4.78, 5) is 0. The van der Waals surface area contributed by atoms with Crippen molar-refractivity contribution in [3.63, 3.8) is 0 Å². The van der Waals surface area contributed by atoms with Crippen molar-refractivity contribution in [3.8, 4) is 0 Å². The summed E-state index contributed by atoms with van der Waals surface area (Å²) in [5.74, 6) is 0. The monoisotopic (exact) mass is 216 g/mol. The van der Waals surface area contributed by atoms with Gasteiger partial charge in [0, 0.05) is 13.2 Å². The van der Waals surface area contributed by atoms with Crippen LogP contribution in [0.2, 0.25) is 0 Å². The fourth-order valence-electron chi connectivity index (χ4n) is 2.24. The zero-order valence-corrected chi connectivity index (χ0v) is 10.5. The zero-order valence-electron chi connectivity index (χ0n) is 10.5. The van der Waals surface area contributed by atoms with Crippen LogP contribution in [0.5, 0.6) is 0 Å². The van der Waals surface area contributed by atoms with Gasteiger partial charge in [-0.3, -0.25) is 0 Å². The molecule has 2 heteroatoms. The van der Waals surface area contributed by atoms with E-state index >= 15 is 0 Å². The second kappa shape index (κ2) is 9.17. The molecule has 0 fully saturated rings. The van der Waals surface area contributed by atoms with Crippen LogP contribution in [-0.4, -0.2) is 23.4 Å². The number of hydrogen-bond donors (Lipinski definition) is 2. The van der Waals surface area contributed by atoms with Gasteiger partial charge >= 0.3 is 0 Å². The molecule has 0 amide bonds. The third kappa shape index (κ3) is 6.16. The predicted octanol–water partition coefficient (Wildman–Crippen LogP) is 3.12. The highest BCUT2D eigenvalue weighted by molar-refractivity contribution is 4.76. The quantitative estimate of drug-likeness (QED) is 0.551. The standard InChI is InChI=1S/C13H28O2/c1-3-9-13(4-2,12-15)10-7-5-6-8-11-14/h14-15H,3-12H2,1-2H3. The van der Waals surface area contributed by atoms with Crippen molar-refractivity contribution in [1.29, 1.82) is 0 Å². The summed E-state index contributed by atoms with van der Waals surface area (Å²) in [5, 5.41) is 18.1. The first-order chi connectivity index (χ1) is 7.24. The fraction of sp³-hybridized carbons (Fsp3) is 1.00. The van der Waals surface area contributed by atoms with Gasteiger partial charge in [-0.15, -0.1) is 0 Å². The lowest BCUT2D eigenvalue weighted by atomic mass is 9.77. The number of aliphatic hydroxyl groups excluding tert-OH is 2. The molecule has 2 N–H and O–H groups in total. The number of hydrogen-bond acceptors (Lipinski definition) is 2. The SMILES string of the molecule is CCCC(CC)(CO)CCCCCCO. The number of aliphatic hydroxyl groups is 2. The van der Waals surface area contributed by atoms with Crippen LogP contribution >= 0.6 is 0 Å². The van der Waals surface area contributed by atoms with E-state index < -0.39 is 0 Å². The molecule has 1 atom stereocenters. The fourth-order valence-corrected chi connectivity index (χ4v) is 2.24. The maximum absolute atomic E-state index is 9.47. The van der Waals surface area contributed by atoms with Gasteiger partial charge in [0.15, 0.2) is 0 Å². The van der Waals surface area contributed by atoms with Gasteiger partial charge in [0.05, 0.1) is 0 Å². The van der Waals surface area contributed by atoms with E-state index in [0.29, 0.717) is 13.2 Å². The van der Waals surface area contributed by atoms with Crippen molar-refractivity contribution in [2.75, 3.05) is 13.2 Å². The first kappa shape index (κ1) is 14.9. The molecule has 92 valence electrons. The molecule has 15 heavy (non-hydrogen) atoms. The molecule has 0 bridgehead atoms. The van der Waals surface area contributed by atoms with Crippen LogP contribution in [-0.2, 0) is 0 Å². The van der Waals surface area contributed by atoms with Gasteiger partial charge in [-0.1, -0.05) is 39.5 Å². The molecule has 0 aromatic carbocycles. The maximum Gasteiger partial charge on any atom is 0.0487 e. The van der Waals surface area contributed by atoms with E-state index in [1.54, 1.807) is 0 Å². The van der Waals surface area contributed by atoms with Crippen molar-refractivity contribution in [1.82, 2.24) is 0 Å². The minimum atomic E-state index is 0.175. The molecule has 0 saturated heterocycles. The van der Waals surface area contributed by atoms with Gasteiger partial charge in [0.1, 0.15) is 0 Å². The molecule has 0 aromatic heterocycles. The second-order valence-electron chi connectivity index (χ2n) is 4.65. The van der Waals surface area contributed by atoms with Crippen LogP contribution in [0, 0.1) is 5.41 Å². The molecular formula is C13H28O2. The summed E-state index contributed by atoms with van der Waals surface area (Å²) in [6.45, 7) is 5.01. The molecule has 0 spiro atoms. The largest absolute Gasteiger partial charge is 0.396 e. The minimum Gasteiger partial charge on any atom is -0.396 e. The summed E-state index contributed by atoms with van der Waals surface area (Å²) < 4.78 is 0. The van der Waals surface area contributed by atoms with Gasteiger partial charge in [0.25, 0.3) is 0 Å². The van der Waals surface area contributed by atoms with E-state index in [4.69, 9.17) is 5.11 Å². The van der Waals surface area contributed by atoms with Crippen LogP contribution in [0.15, 0.2) is 0 Å². The van der Waals surface area contributed by atoms with Crippen molar-refractivity contribution in [2.45, 2.75) is 65.2 Å². The van der Waals surface area contributed by atoms with E-state index in [1.165, 1.54) is 12.8 Å². The lowest BCUT2D eigenvalue weighted by Gasteiger charge is -2.30. The Morgan fingerprint density at radius 2 is 1.53 bits per heavy atom. The van der Waals surface area contributed by atoms with Crippen molar-refractivity contribution in [2.24, 2.45) is 5.41 Å². The third-order valence-corrected chi connectivity index (χ3v) is 3.48. The predicted molar refractivity (Wildman–Crippen MR) is 64.9 cm³/mol. The smallest absolute Gasteiger partial charge is 0.0487 e. The molecule has 0 aromatic rings. The van der Waals surface area contributed by atoms with Crippen molar-refractivity contribution in [3.05, 3.63) is 0 Å². The van der Waals surface area contributed by atoms with E-state index in [1.807, 2.05) is 0 Å². The topological polar surface area (TPSA) is 40.5 Å². The van der Waals surface area contributed by atoms with Crippen LogP contribution in [0.1, 0.15) is 65.2 Å². The van der Waals surface area contributed by atoms with Crippen LogP contribution in [0.3, 0.4) is 0 Å². The van der Waals surface area contributed by atoms with Gasteiger partial charge in [-0.05, 0) is 31.1 Å². The van der Waals surface area contributed by atoms with E-state index in [2.05, 4.69) is 13.8 Å². The Morgan fingerprint density at radius 1 is 0.867 bits per heavy atom. The Balaban J connectivity index is 3.74. The highest BCUT2D eigenvalue weighted by Crippen LogP contribution is 2.33. The molecule has 0 rings (SSSR count). The number of rotatable bonds is 10. The van der Waals surface area contributed by atoms with Gasteiger partial charge < -0.3 is 10.2 Å². The van der Waals surface area contributed by atoms with Gasteiger partial charge in [-0.25, -0.2) is 0 Å². The number of unbranched alkanes of at least 4 members (excludes halogenated alkanes) is 3. The molecule has 1 unspecified atom stereocenters. The Hall–Kier alpha value is -0.0800. The van der Waals surface area contributed by atoms with Crippen molar-refractivity contribution < 1.29 is 10.2 Å². The molecular weight excluding hydrogens is 188 g/mol. The Bertz CT molecular complexity index is 130. The molecule has 0 radical (unpaired) electrons.